The van der Waals surface area contributed by atoms with E-state index in [1.54, 1.807) is 0 Å². The molecule has 1 aromatic rings. The van der Waals surface area contributed by atoms with Crippen LogP contribution in [0.5, 0.6) is 0 Å². The summed E-state index contributed by atoms with van der Waals surface area (Å²) in [5.74, 6) is 5.06. The first-order valence-electron chi connectivity index (χ1n) is 6.57. The topological polar surface area (TPSA) is 58.4 Å². The summed E-state index contributed by atoms with van der Waals surface area (Å²) in [4.78, 5) is 14.0. The van der Waals surface area contributed by atoms with Crippen LogP contribution in [0, 0.1) is 0 Å². The van der Waals surface area contributed by atoms with Crippen molar-refractivity contribution in [1.29, 1.82) is 0 Å². The van der Waals surface area contributed by atoms with E-state index >= 15 is 0 Å². The molecule has 2 rings (SSSR count). The molecule has 0 radical (unpaired) electrons. The molecule has 0 bridgehead atoms. The monoisotopic (exact) mass is 293 g/mol. The van der Waals surface area contributed by atoms with E-state index in [1.165, 1.54) is 0 Å². The molecule has 108 valence electrons. The fourth-order valence-corrected chi connectivity index (χ4v) is 3.14. The van der Waals surface area contributed by atoms with Gasteiger partial charge in [-0.25, -0.2) is 5.84 Å². The fraction of sp³-hybridized carbons (Fsp3) is 0.400. The first kappa shape index (κ1) is 14.9. The minimum atomic E-state index is -0.376. The van der Waals surface area contributed by atoms with Gasteiger partial charge in [0.15, 0.2) is 0 Å². The first-order chi connectivity index (χ1) is 9.27. The number of fused-ring (bicyclic) bond motifs is 1. The third-order valence-corrected chi connectivity index (χ3v) is 3.98. The number of halogens is 1. The van der Waals surface area contributed by atoms with Gasteiger partial charge in [-0.2, -0.15) is 0 Å². The Morgan fingerprint density at radius 1 is 1.45 bits per heavy atom. The third-order valence-electron chi connectivity index (χ3n) is 3.74. The van der Waals surface area contributed by atoms with Crippen molar-refractivity contribution in [2.45, 2.75) is 39.3 Å². The summed E-state index contributed by atoms with van der Waals surface area (Å²) in [6.07, 6.45) is 2.14. The Bertz CT molecular complexity index is 580. The van der Waals surface area contributed by atoms with Crippen molar-refractivity contribution < 1.29 is 4.79 Å². The van der Waals surface area contributed by atoms with Crippen LogP contribution in [-0.2, 0) is 4.79 Å². The molecule has 1 atom stereocenters. The summed E-state index contributed by atoms with van der Waals surface area (Å²) in [6.45, 7) is 8.06. The van der Waals surface area contributed by atoms with Gasteiger partial charge in [-0.1, -0.05) is 17.7 Å². The van der Waals surface area contributed by atoms with Crippen molar-refractivity contribution in [2.75, 3.05) is 4.90 Å². The molecule has 0 aromatic heterocycles. The second kappa shape index (κ2) is 5.11. The van der Waals surface area contributed by atoms with Crippen LogP contribution in [0.3, 0.4) is 0 Å². The summed E-state index contributed by atoms with van der Waals surface area (Å²) in [7, 11) is 0. The summed E-state index contributed by atoms with van der Waals surface area (Å²) in [6, 6.07) is 5.35. The molecule has 1 heterocycles. The third kappa shape index (κ3) is 2.41. The first-order valence-corrected chi connectivity index (χ1v) is 6.95. The van der Waals surface area contributed by atoms with Crippen molar-refractivity contribution in [2.24, 2.45) is 5.84 Å². The fourth-order valence-electron chi connectivity index (χ4n) is 2.97. The summed E-state index contributed by atoms with van der Waals surface area (Å²) >= 11 is 6.09. The Hall–Kier alpha value is -1.52. The SMILES string of the molecule is CC1=CC(C)(C)N([C@H](C)C(=O)NN)c2ccc(Cl)cc21. The zero-order chi connectivity index (χ0) is 15.1. The van der Waals surface area contributed by atoms with E-state index in [1.807, 2.05) is 25.1 Å². The van der Waals surface area contributed by atoms with Gasteiger partial charge >= 0.3 is 0 Å². The highest BCUT2D eigenvalue weighted by atomic mass is 35.5. The molecule has 3 N–H and O–H groups in total. The smallest absolute Gasteiger partial charge is 0.256 e. The highest BCUT2D eigenvalue weighted by molar-refractivity contribution is 6.30. The molecule has 0 saturated carbocycles. The van der Waals surface area contributed by atoms with E-state index in [0.717, 1.165) is 16.8 Å². The second-order valence-electron chi connectivity index (χ2n) is 5.70. The molecule has 1 amide bonds. The molecule has 1 aliphatic heterocycles. The largest absolute Gasteiger partial charge is 0.351 e. The van der Waals surface area contributed by atoms with Crippen molar-refractivity contribution in [3.8, 4) is 0 Å². The number of benzene rings is 1. The molecule has 0 aliphatic carbocycles. The van der Waals surface area contributed by atoms with Crippen LogP contribution >= 0.6 is 11.6 Å². The molecule has 1 aromatic carbocycles. The number of rotatable bonds is 2. The summed E-state index contributed by atoms with van der Waals surface area (Å²) in [5, 5.41) is 0.687. The molecular formula is C15H20ClN3O. The van der Waals surface area contributed by atoms with Gasteiger partial charge in [0, 0.05) is 16.3 Å². The molecule has 20 heavy (non-hydrogen) atoms. The zero-order valence-electron chi connectivity index (χ0n) is 12.2. The lowest BCUT2D eigenvalue weighted by Crippen LogP contribution is -2.56. The van der Waals surface area contributed by atoms with Crippen LogP contribution in [0.1, 0.15) is 33.3 Å². The van der Waals surface area contributed by atoms with E-state index in [4.69, 9.17) is 17.4 Å². The quantitative estimate of drug-likeness (QED) is 0.501. The maximum absolute atomic E-state index is 11.9. The highest BCUT2D eigenvalue weighted by Gasteiger charge is 2.36. The van der Waals surface area contributed by atoms with Crippen LogP contribution in [-0.4, -0.2) is 17.5 Å². The molecule has 0 fully saturated rings. The Labute approximate surface area is 124 Å². The predicted molar refractivity (Wildman–Crippen MR) is 83.5 cm³/mol. The number of allylic oxidation sites excluding steroid dienone is 1. The maximum Gasteiger partial charge on any atom is 0.256 e. The van der Waals surface area contributed by atoms with Gasteiger partial charge in [-0.3, -0.25) is 10.2 Å². The Kier molecular flexibility index (Phi) is 3.80. The number of amides is 1. The van der Waals surface area contributed by atoms with Crippen LogP contribution in [0.25, 0.3) is 5.57 Å². The van der Waals surface area contributed by atoms with Gasteiger partial charge in [0.2, 0.25) is 0 Å². The highest BCUT2D eigenvalue weighted by Crippen LogP contribution is 2.41. The number of hydrogen-bond donors (Lipinski definition) is 2. The average molecular weight is 294 g/mol. The number of nitrogens with zero attached hydrogens (tertiary/aromatic N) is 1. The Balaban J connectivity index is 2.59. The van der Waals surface area contributed by atoms with Crippen LogP contribution in [0.15, 0.2) is 24.3 Å². The second-order valence-corrected chi connectivity index (χ2v) is 6.13. The molecule has 1 aliphatic rings. The lowest BCUT2D eigenvalue weighted by Gasteiger charge is -2.46. The van der Waals surface area contributed by atoms with Crippen molar-refractivity contribution >= 4 is 28.8 Å². The standard InChI is InChI=1S/C15H20ClN3O/c1-9-8-15(3,4)19(10(2)14(20)18-17)13-6-5-11(16)7-12(9)13/h5-8,10H,17H2,1-4H3,(H,18,20)/t10-/m1/s1. The van der Waals surface area contributed by atoms with E-state index in [0.29, 0.717) is 5.02 Å². The number of anilines is 1. The van der Waals surface area contributed by atoms with Crippen LogP contribution in [0.2, 0.25) is 5.02 Å². The van der Waals surface area contributed by atoms with E-state index < -0.39 is 0 Å². The molecule has 0 spiro atoms. The summed E-state index contributed by atoms with van der Waals surface area (Å²) in [5.41, 5.74) is 5.15. The van der Waals surface area contributed by atoms with Crippen molar-refractivity contribution in [1.82, 2.24) is 5.43 Å². The van der Waals surface area contributed by atoms with Gasteiger partial charge in [-0.05, 0) is 51.5 Å². The Morgan fingerprint density at radius 3 is 2.70 bits per heavy atom. The maximum atomic E-state index is 11.9. The molecule has 5 heteroatoms. The van der Waals surface area contributed by atoms with Crippen molar-refractivity contribution in [3.63, 3.8) is 0 Å². The minimum absolute atomic E-state index is 0.216. The van der Waals surface area contributed by atoms with E-state index in [9.17, 15) is 4.79 Å². The van der Waals surface area contributed by atoms with Gasteiger partial charge in [-0.15, -0.1) is 0 Å². The number of nitrogens with one attached hydrogen (secondary N) is 1. The minimum Gasteiger partial charge on any atom is -0.351 e. The molecule has 4 nitrogen and oxygen atoms in total. The lowest BCUT2D eigenvalue weighted by molar-refractivity contribution is -0.122. The molecule has 0 unspecified atom stereocenters. The van der Waals surface area contributed by atoms with Gasteiger partial charge in [0.05, 0.1) is 5.54 Å². The molecule has 0 saturated heterocycles. The predicted octanol–water partition coefficient (Wildman–Crippen LogP) is 2.72. The zero-order valence-corrected chi connectivity index (χ0v) is 13.0. The van der Waals surface area contributed by atoms with E-state index in [-0.39, 0.29) is 17.5 Å². The number of hydrazine groups is 1. The van der Waals surface area contributed by atoms with Crippen molar-refractivity contribution in [3.05, 3.63) is 34.9 Å². The number of hydrogen-bond acceptors (Lipinski definition) is 3. The van der Waals surface area contributed by atoms with Gasteiger partial charge in [0.25, 0.3) is 5.91 Å². The van der Waals surface area contributed by atoms with Crippen LogP contribution in [0.4, 0.5) is 5.69 Å². The average Bonchev–Trinajstić information content (AvgIpc) is 2.37. The van der Waals surface area contributed by atoms with Crippen LogP contribution < -0.4 is 16.2 Å². The lowest BCUT2D eigenvalue weighted by atomic mass is 9.87. The Morgan fingerprint density at radius 2 is 2.10 bits per heavy atom. The number of nitrogens with two attached hydrogens (primary N) is 1. The normalized spacial score (nSPS) is 18.1. The number of carbonyl (C=O) groups is 1. The van der Waals surface area contributed by atoms with Gasteiger partial charge < -0.3 is 4.90 Å². The van der Waals surface area contributed by atoms with Gasteiger partial charge in [0.1, 0.15) is 6.04 Å². The summed E-state index contributed by atoms with van der Waals surface area (Å²) < 4.78 is 0. The molecular weight excluding hydrogens is 274 g/mol. The number of carbonyl (C=O) groups excluding carboxylic acids is 1. The van der Waals surface area contributed by atoms with E-state index in [2.05, 4.69) is 37.2 Å².